The Morgan fingerprint density at radius 2 is 1.62 bits per heavy atom. The number of benzene rings is 1. The SMILES string of the molecule is COc1cc(CNCC(CC(C)C)N(C)C)cc(OC)c1. The first kappa shape index (κ1) is 17.8. The molecule has 0 spiro atoms. The van der Waals surface area contributed by atoms with E-state index in [1.165, 1.54) is 12.0 Å². The lowest BCUT2D eigenvalue weighted by Crippen LogP contribution is -2.38. The van der Waals surface area contributed by atoms with Crippen LogP contribution in [0.5, 0.6) is 11.5 Å². The van der Waals surface area contributed by atoms with Crippen molar-refractivity contribution in [3.63, 3.8) is 0 Å². The summed E-state index contributed by atoms with van der Waals surface area (Å²) in [4.78, 5) is 2.29. The molecule has 4 heteroatoms. The van der Waals surface area contributed by atoms with Gasteiger partial charge in [0.1, 0.15) is 11.5 Å². The van der Waals surface area contributed by atoms with E-state index >= 15 is 0 Å². The molecular weight excluding hydrogens is 264 g/mol. The van der Waals surface area contributed by atoms with E-state index in [4.69, 9.17) is 9.47 Å². The molecule has 1 unspecified atom stereocenters. The Morgan fingerprint density at radius 3 is 2.05 bits per heavy atom. The predicted molar refractivity (Wildman–Crippen MR) is 88.2 cm³/mol. The van der Waals surface area contributed by atoms with Gasteiger partial charge < -0.3 is 19.7 Å². The second-order valence-electron chi connectivity index (χ2n) is 6.10. The van der Waals surface area contributed by atoms with Gasteiger partial charge in [-0.2, -0.15) is 0 Å². The van der Waals surface area contributed by atoms with E-state index < -0.39 is 0 Å². The number of nitrogens with one attached hydrogen (secondary N) is 1. The van der Waals surface area contributed by atoms with Crippen molar-refractivity contribution < 1.29 is 9.47 Å². The zero-order valence-electron chi connectivity index (χ0n) is 14.3. The topological polar surface area (TPSA) is 33.7 Å². The van der Waals surface area contributed by atoms with Crippen molar-refractivity contribution in [1.82, 2.24) is 10.2 Å². The lowest BCUT2D eigenvalue weighted by Gasteiger charge is -2.26. The monoisotopic (exact) mass is 294 g/mol. The number of likely N-dealkylation sites (N-methyl/N-ethyl adjacent to an activating group) is 1. The van der Waals surface area contributed by atoms with Gasteiger partial charge in [-0.25, -0.2) is 0 Å². The summed E-state index contributed by atoms with van der Waals surface area (Å²) in [6, 6.07) is 6.54. The summed E-state index contributed by atoms with van der Waals surface area (Å²) in [5.41, 5.74) is 1.17. The van der Waals surface area contributed by atoms with Gasteiger partial charge in [0.05, 0.1) is 14.2 Å². The van der Waals surface area contributed by atoms with Crippen LogP contribution in [0.4, 0.5) is 0 Å². The van der Waals surface area contributed by atoms with Gasteiger partial charge in [-0.1, -0.05) is 13.8 Å². The van der Waals surface area contributed by atoms with Crippen molar-refractivity contribution in [2.45, 2.75) is 32.9 Å². The van der Waals surface area contributed by atoms with Crippen LogP contribution in [0.2, 0.25) is 0 Å². The molecule has 0 fully saturated rings. The third-order valence-corrected chi connectivity index (χ3v) is 3.59. The van der Waals surface area contributed by atoms with Crippen molar-refractivity contribution in [3.8, 4) is 11.5 Å². The molecule has 0 amide bonds. The number of ether oxygens (including phenoxy) is 2. The molecule has 0 aromatic heterocycles. The summed E-state index contributed by atoms with van der Waals surface area (Å²) in [5, 5.41) is 3.54. The van der Waals surface area contributed by atoms with E-state index in [0.717, 1.165) is 24.6 Å². The van der Waals surface area contributed by atoms with Gasteiger partial charge in [0.15, 0.2) is 0 Å². The fourth-order valence-corrected chi connectivity index (χ4v) is 2.37. The summed E-state index contributed by atoms with van der Waals surface area (Å²) in [7, 11) is 7.64. The minimum Gasteiger partial charge on any atom is -0.497 e. The van der Waals surface area contributed by atoms with Gasteiger partial charge in [-0.3, -0.25) is 0 Å². The summed E-state index contributed by atoms with van der Waals surface area (Å²) in [6.07, 6.45) is 1.20. The van der Waals surface area contributed by atoms with E-state index in [-0.39, 0.29) is 0 Å². The number of nitrogens with zero attached hydrogens (tertiary/aromatic N) is 1. The van der Waals surface area contributed by atoms with E-state index in [2.05, 4.69) is 38.2 Å². The minimum absolute atomic E-state index is 0.553. The van der Waals surface area contributed by atoms with Crippen LogP contribution in [0.1, 0.15) is 25.8 Å². The molecule has 0 bridgehead atoms. The summed E-state index contributed by atoms with van der Waals surface area (Å²) >= 11 is 0. The normalized spacial score (nSPS) is 12.8. The molecule has 0 saturated carbocycles. The summed E-state index contributed by atoms with van der Waals surface area (Å²) < 4.78 is 10.6. The molecule has 1 aromatic rings. The van der Waals surface area contributed by atoms with Gasteiger partial charge in [-0.15, -0.1) is 0 Å². The highest BCUT2D eigenvalue weighted by atomic mass is 16.5. The van der Waals surface area contributed by atoms with Crippen molar-refractivity contribution in [3.05, 3.63) is 23.8 Å². The highest BCUT2D eigenvalue weighted by molar-refractivity contribution is 5.38. The molecule has 1 atom stereocenters. The van der Waals surface area contributed by atoms with Crippen LogP contribution in [-0.2, 0) is 6.54 Å². The van der Waals surface area contributed by atoms with Gasteiger partial charge in [-0.05, 0) is 44.1 Å². The molecule has 1 aromatic carbocycles. The maximum absolute atomic E-state index is 5.30. The number of methoxy groups -OCH3 is 2. The first-order valence-corrected chi connectivity index (χ1v) is 7.55. The van der Waals surface area contributed by atoms with Crippen LogP contribution in [0.15, 0.2) is 18.2 Å². The second kappa shape index (κ2) is 8.90. The summed E-state index contributed by atoms with van der Waals surface area (Å²) in [5.74, 6) is 2.37. The van der Waals surface area contributed by atoms with Crippen LogP contribution < -0.4 is 14.8 Å². The summed E-state index contributed by atoms with van der Waals surface area (Å²) in [6.45, 7) is 6.33. The maximum atomic E-state index is 5.30. The highest BCUT2D eigenvalue weighted by Crippen LogP contribution is 2.22. The second-order valence-corrected chi connectivity index (χ2v) is 6.10. The Hall–Kier alpha value is -1.26. The highest BCUT2D eigenvalue weighted by Gasteiger charge is 2.12. The zero-order chi connectivity index (χ0) is 15.8. The minimum atomic E-state index is 0.553. The van der Waals surface area contributed by atoms with Crippen LogP contribution in [0.3, 0.4) is 0 Å². The van der Waals surface area contributed by atoms with Gasteiger partial charge in [0, 0.05) is 25.2 Å². The Bertz CT molecular complexity index is 397. The molecule has 0 heterocycles. The quantitative estimate of drug-likeness (QED) is 0.759. The molecule has 0 aliphatic carbocycles. The lowest BCUT2D eigenvalue weighted by atomic mass is 10.0. The van der Waals surface area contributed by atoms with Crippen molar-refractivity contribution >= 4 is 0 Å². The third-order valence-electron chi connectivity index (χ3n) is 3.59. The van der Waals surface area contributed by atoms with Gasteiger partial charge in [0.2, 0.25) is 0 Å². The van der Waals surface area contributed by atoms with Crippen LogP contribution >= 0.6 is 0 Å². The average Bonchev–Trinajstić information content (AvgIpc) is 2.45. The molecule has 0 aliphatic rings. The molecule has 4 nitrogen and oxygen atoms in total. The van der Waals surface area contributed by atoms with Crippen molar-refractivity contribution in [2.24, 2.45) is 5.92 Å². The van der Waals surface area contributed by atoms with E-state index in [0.29, 0.717) is 12.0 Å². The van der Waals surface area contributed by atoms with E-state index in [1.54, 1.807) is 14.2 Å². The largest absolute Gasteiger partial charge is 0.497 e. The van der Waals surface area contributed by atoms with E-state index in [1.807, 2.05) is 18.2 Å². The predicted octanol–water partition coefficient (Wildman–Crippen LogP) is 2.77. The third kappa shape index (κ3) is 6.36. The molecule has 120 valence electrons. The number of hydrogen-bond donors (Lipinski definition) is 1. The standard InChI is InChI=1S/C17H30N2O2/c1-13(2)7-15(19(3)4)12-18-11-14-8-16(20-5)10-17(9-14)21-6/h8-10,13,15,18H,7,11-12H2,1-6H3. The molecule has 21 heavy (non-hydrogen) atoms. The van der Waals surface area contributed by atoms with Crippen molar-refractivity contribution in [1.29, 1.82) is 0 Å². The number of hydrogen-bond acceptors (Lipinski definition) is 4. The lowest BCUT2D eigenvalue weighted by molar-refractivity contribution is 0.246. The molecular formula is C17H30N2O2. The molecule has 1 N–H and O–H groups in total. The Kier molecular flexibility index (Phi) is 7.54. The van der Waals surface area contributed by atoms with E-state index in [9.17, 15) is 0 Å². The first-order valence-electron chi connectivity index (χ1n) is 7.55. The molecule has 0 saturated heterocycles. The Morgan fingerprint density at radius 1 is 1.05 bits per heavy atom. The Balaban J connectivity index is 2.57. The van der Waals surface area contributed by atoms with Crippen LogP contribution in [0, 0.1) is 5.92 Å². The fourth-order valence-electron chi connectivity index (χ4n) is 2.37. The van der Waals surface area contributed by atoms with Crippen LogP contribution in [-0.4, -0.2) is 45.8 Å². The maximum Gasteiger partial charge on any atom is 0.122 e. The zero-order valence-corrected chi connectivity index (χ0v) is 14.3. The van der Waals surface area contributed by atoms with Crippen molar-refractivity contribution in [2.75, 3.05) is 34.9 Å². The van der Waals surface area contributed by atoms with Crippen LogP contribution in [0.25, 0.3) is 0 Å². The van der Waals surface area contributed by atoms with Gasteiger partial charge >= 0.3 is 0 Å². The fraction of sp³-hybridized carbons (Fsp3) is 0.647. The molecule has 0 radical (unpaired) electrons. The Labute approximate surface area is 129 Å². The smallest absolute Gasteiger partial charge is 0.122 e. The van der Waals surface area contributed by atoms with Gasteiger partial charge in [0.25, 0.3) is 0 Å². The molecule has 1 rings (SSSR count). The number of rotatable bonds is 9. The first-order chi connectivity index (χ1) is 9.96. The molecule has 0 aliphatic heterocycles. The average molecular weight is 294 g/mol.